The quantitative estimate of drug-likeness (QED) is 0.290. The average Bonchev–Trinajstić information content (AvgIpc) is 2.71. The van der Waals surface area contributed by atoms with E-state index in [9.17, 15) is 15.3 Å². The molecule has 29 heavy (non-hydrogen) atoms. The largest absolute Gasteiger partial charge is 0.392 e. The normalized spacial score (nSPS) is 14.2. The van der Waals surface area contributed by atoms with E-state index in [1.54, 1.807) is 12.4 Å². The van der Waals surface area contributed by atoms with Crippen molar-refractivity contribution in [2.75, 3.05) is 32.7 Å². The van der Waals surface area contributed by atoms with Crippen LogP contribution in [0.3, 0.4) is 0 Å². The summed E-state index contributed by atoms with van der Waals surface area (Å²) >= 11 is 0. The first-order chi connectivity index (χ1) is 13.3. The minimum atomic E-state index is -0.499. The van der Waals surface area contributed by atoms with Crippen LogP contribution in [0.5, 0.6) is 0 Å². The summed E-state index contributed by atoms with van der Waals surface area (Å²) in [6.45, 7) is 20.4. The molecule has 0 bridgehead atoms. The maximum absolute atomic E-state index is 9.59. The van der Waals surface area contributed by atoms with Gasteiger partial charge in [-0.2, -0.15) is 0 Å². The van der Waals surface area contributed by atoms with Crippen molar-refractivity contribution < 1.29 is 15.3 Å². The Labute approximate surface area is 180 Å². The van der Waals surface area contributed by atoms with Gasteiger partial charge in [0.25, 0.3) is 0 Å². The Balaban J connectivity index is -0.000000491. The SMILES string of the molecule is C.C=CC(CC(O)CN)CN(C=C)CC(O)CC.C=CN(CCC)CC(O)CC. The van der Waals surface area contributed by atoms with Crippen molar-refractivity contribution in [2.45, 2.75) is 72.2 Å². The van der Waals surface area contributed by atoms with Crippen LogP contribution >= 0.6 is 0 Å². The molecule has 0 saturated heterocycles. The van der Waals surface area contributed by atoms with E-state index >= 15 is 0 Å². The molecule has 0 fully saturated rings. The summed E-state index contributed by atoms with van der Waals surface area (Å²) in [5, 5.41) is 28.4. The lowest BCUT2D eigenvalue weighted by molar-refractivity contribution is 0.115. The third-order valence-corrected chi connectivity index (χ3v) is 4.51. The number of aliphatic hydroxyl groups is 3. The van der Waals surface area contributed by atoms with Crippen molar-refractivity contribution in [3.63, 3.8) is 0 Å². The lowest BCUT2D eigenvalue weighted by Gasteiger charge is -2.27. The van der Waals surface area contributed by atoms with Crippen LogP contribution < -0.4 is 5.73 Å². The van der Waals surface area contributed by atoms with E-state index in [-0.39, 0.29) is 32.1 Å². The fourth-order valence-corrected chi connectivity index (χ4v) is 2.56. The van der Waals surface area contributed by atoms with Gasteiger partial charge in [-0.1, -0.05) is 47.4 Å². The predicted molar refractivity (Wildman–Crippen MR) is 127 cm³/mol. The third kappa shape index (κ3) is 18.4. The number of aliphatic hydroxyl groups excluding tert-OH is 3. The zero-order valence-electron chi connectivity index (χ0n) is 18.3. The molecule has 0 saturated carbocycles. The summed E-state index contributed by atoms with van der Waals surface area (Å²) in [7, 11) is 0. The van der Waals surface area contributed by atoms with Crippen LogP contribution in [0.1, 0.15) is 53.9 Å². The Kier molecular flexibility index (Phi) is 23.8. The van der Waals surface area contributed by atoms with E-state index in [0.29, 0.717) is 32.5 Å². The summed E-state index contributed by atoms with van der Waals surface area (Å²) in [5.74, 6) is 0.149. The second-order valence-electron chi connectivity index (χ2n) is 7.06. The van der Waals surface area contributed by atoms with Gasteiger partial charge in [-0.05, 0) is 44.0 Å². The molecule has 0 radical (unpaired) electrons. The van der Waals surface area contributed by atoms with Crippen molar-refractivity contribution in [3.05, 3.63) is 38.2 Å². The van der Waals surface area contributed by atoms with E-state index in [1.165, 1.54) is 0 Å². The first-order valence-corrected chi connectivity index (χ1v) is 10.4. The molecule has 0 aliphatic rings. The Morgan fingerprint density at radius 3 is 1.66 bits per heavy atom. The molecule has 4 unspecified atom stereocenters. The highest BCUT2D eigenvalue weighted by Crippen LogP contribution is 2.11. The fraction of sp³-hybridized carbons (Fsp3) is 0.739. The van der Waals surface area contributed by atoms with E-state index in [0.717, 1.165) is 19.4 Å². The Hall–Kier alpha value is -1.34. The highest BCUT2D eigenvalue weighted by atomic mass is 16.3. The van der Waals surface area contributed by atoms with Crippen molar-refractivity contribution in [2.24, 2.45) is 11.7 Å². The monoisotopic (exact) mass is 415 g/mol. The fourth-order valence-electron chi connectivity index (χ4n) is 2.56. The van der Waals surface area contributed by atoms with Gasteiger partial charge >= 0.3 is 0 Å². The van der Waals surface area contributed by atoms with Crippen LogP contribution in [0.2, 0.25) is 0 Å². The molecule has 174 valence electrons. The molecule has 6 nitrogen and oxygen atoms in total. The molecule has 0 rings (SSSR count). The Bertz CT molecular complexity index is 372. The van der Waals surface area contributed by atoms with Gasteiger partial charge in [-0.3, -0.25) is 0 Å². The second kappa shape index (κ2) is 21.4. The van der Waals surface area contributed by atoms with Gasteiger partial charge < -0.3 is 30.9 Å². The second-order valence-corrected chi connectivity index (χ2v) is 7.06. The molecular weight excluding hydrogens is 366 g/mol. The molecule has 0 aliphatic heterocycles. The van der Waals surface area contributed by atoms with Gasteiger partial charge in [0.1, 0.15) is 0 Å². The number of nitrogens with two attached hydrogens (primary N) is 1. The van der Waals surface area contributed by atoms with Gasteiger partial charge in [0.15, 0.2) is 0 Å². The first kappa shape index (κ1) is 32.3. The van der Waals surface area contributed by atoms with Gasteiger partial charge in [-0.15, -0.1) is 6.58 Å². The Morgan fingerprint density at radius 2 is 1.31 bits per heavy atom. The lowest BCUT2D eigenvalue weighted by atomic mass is 10.0. The molecule has 4 atom stereocenters. The minimum Gasteiger partial charge on any atom is -0.392 e. The van der Waals surface area contributed by atoms with Crippen LogP contribution in [0.25, 0.3) is 0 Å². The molecule has 0 aromatic carbocycles. The van der Waals surface area contributed by atoms with Crippen LogP contribution in [0, 0.1) is 5.92 Å². The molecule has 0 heterocycles. The van der Waals surface area contributed by atoms with Crippen molar-refractivity contribution in [1.82, 2.24) is 9.80 Å². The van der Waals surface area contributed by atoms with Crippen LogP contribution in [-0.2, 0) is 0 Å². The summed E-state index contributed by atoms with van der Waals surface area (Å²) in [6.07, 6.45) is 7.48. The molecule has 0 aromatic heterocycles. The van der Waals surface area contributed by atoms with Crippen LogP contribution in [-0.4, -0.2) is 76.2 Å². The van der Waals surface area contributed by atoms with Crippen LogP contribution in [0.15, 0.2) is 38.2 Å². The van der Waals surface area contributed by atoms with E-state index in [2.05, 4.69) is 26.7 Å². The van der Waals surface area contributed by atoms with Gasteiger partial charge in [0.05, 0.1) is 18.3 Å². The first-order valence-electron chi connectivity index (χ1n) is 10.4. The molecule has 5 N–H and O–H groups in total. The minimum absolute atomic E-state index is 0. The molecule has 0 amide bonds. The number of nitrogens with zero attached hydrogens (tertiary/aromatic N) is 2. The van der Waals surface area contributed by atoms with E-state index in [4.69, 9.17) is 5.73 Å². The Morgan fingerprint density at radius 1 is 0.828 bits per heavy atom. The maximum Gasteiger partial charge on any atom is 0.0712 e. The summed E-state index contributed by atoms with van der Waals surface area (Å²) < 4.78 is 0. The average molecular weight is 416 g/mol. The smallest absolute Gasteiger partial charge is 0.0712 e. The summed E-state index contributed by atoms with van der Waals surface area (Å²) in [5.41, 5.74) is 5.38. The van der Waals surface area contributed by atoms with Gasteiger partial charge in [0.2, 0.25) is 0 Å². The highest BCUT2D eigenvalue weighted by Gasteiger charge is 2.14. The van der Waals surface area contributed by atoms with Crippen molar-refractivity contribution in [3.8, 4) is 0 Å². The zero-order valence-corrected chi connectivity index (χ0v) is 18.3. The van der Waals surface area contributed by atoms with Crippen LogP contribution in [0.4, 0.5) is 0 Å². The maximum atomic E-state index is 9.59. The standard InChI is InChI=1S/C13H26N2O2.C9H19NO.CH4/c1-4-11(7-13(17)8-14)9-15(6-3)10-12(16)5-2;1-4-7-10(6-3)8-9(11)5-2;/h4,6,11-13,16-17H,1,3,5,7-10,14H2,2H3;6,9,11H,3-5,7-8H2,1-2H3;1H4. The number of hydrogen-bond donors (Lipinski definition) is 4. The molecule has 0 aromatic rings. The molecular formula is C23H49N3O3. The van der Waals surface area contributed by atoms with E-state index < -0.39 is 6.10 Å². The summed E-state index contributed by atoms with van der Waals surface area (Å²) in [4.78, 5) is 4.00. The molecule has 0 aliphatic carbocycles. The van der Waals surface area contributed by atoms with Gasteiger partial charge in [0, 0.05) is 32.7 Å². The third-order valence-electron chi connectivity index (χ3n) is 4.51. The zero-order chi connectivity index (χ0) is 21.9. The highest BCUT2D eigenvalue weighted by molar-refractivity contribution is 4.87. The number of rotatable bonds is 16. The molecule has 6 heteroatoms. The summed E-state index contributed by atoms with van der Waals surface area (Å²) in [6, 6.07) is 0. The lowest BCUT2D eigenvalue weighted by Crippen LogP contribution is -2.33. The molecule has 0 spiro atoms. The topological polar surface area (TPSA) is 93.2 Å². The van der Waals surface area contributed by atoms with Crippen molar-refractivity contribution in [1.29, 1.82) is 0 Å². The van der Waals surface area contributed by atoms with Gasteiger partial charge in [-0.25, -0.2) is 0 Å². The van der Waals surface area contributed by atoms with E-state index in [1.807, 2.05) is 29.7 Å². The van der Waals surface area contributed by atoms with Crippen molar-refractivity contribution >= 4 is 0 Å². The predicted octanol–water partition coefficient (Wildman–Crippen LogP) is 2.96. The number of hydrogen-bond acceptors (Lipinski definition) is 6.